The number of hydrogen-bond acceptors (Lipinski definition) is 4. The van der Waals surface area contributed by atoms with Gasteiger partial charge in [0.25, 0.3) is 0 Å². The summed E-state index contributed by atoms with van der Waals surface area (Å²) in [6.07, 6.45) is 2.34. The van der Waals surface area contributed by atoms with E-state index in [-0.39, 0.29) is 0 Å². The van der Waals surface area contributed by atoms with Gasteiger partial charge in [0, 0.05) is 44.5 Å². The molecule has 21 heavy (non-hydrogen) atoms. The largest absolute Gasteiger partial charge is 0.496 e. The number of nitrogens with zero attached hydrogens (tertiary/aromatic N) is 2. The van der Waals surface area contributed by atoms with E-state index >= 15 is 0 Å². The highest BCUT2D eigenvalue weighted by molar-refractivity contribution is 5.36. The Hall–Kier alpha value is -1.10. The summed E-state index contributed by atoms with van der Waals surface area (Å²) in [6.45, 7) is 5.18. The first-order valence-corrected chi connectivity index (χ1v) is 7.94. The van der Waals surface area contributed by atoms with Crippen molar-refractivity contribution in [3.63, 3.8) is 0 Å². The quantitative estimate of drug-likeness (QED) is 0.852. The minimum atomic E-state index is 0.415. The molecule has 0 bridgehead atoms. The fraction of sp³-hybridized carbons (Fsp3) is 0.647. The number of methoxy groups -OCH3 is 1. The molecular weight excluding hydrogens is 264 g/mol. The zero-order valence-electron chi connectivity index (χ0n) is 13.1. The smallest absolute Gasteiger partial charge is 0.123 e. The van der Waals surface area contributed by atoms with Gasteiger partial charge >= 0.3 is 0 Å². The van der Waals surface area contributed by atoms with E-state index in [9.17, 15) is 0 Å². The zero-order valence-corrected chi connectivity index (χ0v) is 13.1. The molecule has 0 amide bonds. The van der Waals surface area contributed by atoms with Gasteiger partial charge in [-0.2, -0.15) is 0 Å². The first kappa shape index (κ1) is 14.8. The van der Waals surface area contributed by atoms with E-state index in [4.69, 9.17) is 9.47 Å². The molecule has 1 aromatic rings. The molecule has 0 aliphatic carbocycles. The molecule has 4 nitrogen and oxygen atoms in total. The Labute approximate surface area is 127 Å². The monoisotopic (exact) mass is 290 g/mol. The van der Waals surface area contributed by atoms with E-state index in [1.165, 1.54) is 18.4 Å². The average molecular weight is 290 g/mol. The first-order valence-electron chi connectivity index (χ1n) is 7.94. The Morgan fingerprint density at radius 3 is 2.67 bits per heavy atom. The molecule has 0 unspecified atom stereocenters. The van der Waals surface area contributed by atoms with Crippen LogP contribution in [-0.4, -0.2) is 62.8 Å². The van der Waals surface area contributed by atoms with Crippen LogP contribution in [0.5, 0.6) is 5.75 Å². The molecule has 4 heteroatoms. The van der Waals surface area contributed by atoms with Gasteiger partial charge in [-0.3, -0.25) is 9.80 Å². The number of hydrogen-bond donors (Lipinski definition) is 0. The van der Waals surface area contributed by atoms with Gasteiger partial charge in [-0.15, -0.1) is 0 Å². The van der Waals surface area contributed by atoms with Gasteiger partial charge in [0.1, 0.15) is 5.75 Å². The lowest BCUT2D eigenvalue weighted by Gasteiger charge is -2.44. The molecule has 2 fully saturated rings. The van der Waals surface area contributed by atoms with Gasteiger partial charge in [0.2, 0.25) is 0 Å². The van der Waals surface area contributed by atoms with E-state index < -0.39 is 0 Å². The van der Waals surface area contributed by atoms with E-state index in [2.05, 4.69) is 35.0 Å². The van der Waals surface area contributed by atoms with E-state index in [0.29, 0.717) is 12.1 Å². The molecule has 0 radical (unpaired) electrons. The molecule has 2 aliphatic heterocycles. The van der Waals surface area contributed by atoms with Gasteiger partial charge in [-0.25, -0.2) is 0 Å². The molecule has 0 N–H and O–H groups in total. The van der Waals surface area contributed by atoms with Crippen LogP contribution in [0.3, 0.4) is 0 Å². The molecule has 0 spiro atoms. The summed E-state index contributed by atoms with van der Waals surface area (Å²) >= 11 is 0. The van der Waals surface area contributed by atoms with Crippen molar-refractivity contribution >= 4 is 0 Å². The van der Waals surface area contributed by atoms with Crippen molar-refractivity contribution in [2.45, 2.75) is 24.9 Å². The van der Waals surface area contributed by atoms with Gasteiger partial charge in [-0.05, 0) is 26.0 Å². The number of benzene rings is 1. The maximum atomic E-state index is 5.56. The average Bonchev–Trinajstić information content (AvgIpc) is 2.56. The second kappa shape index (κ2) is 6.77. The maximum Gasteiger partial charge on any atom is 0.123 e. The van der Waals surface area contributed by atoms with Crippen molar-refractivity contribution in [1.29, 1.82) is 0 Å². The Morgan fingerprint density at radius 2 is 1.90 bits per heavy atom. The highest BCUT2D eigenvalue weighted by Crippen LogP contribution is 2.32. The van der Waals surface area contributed by atoms with Crippen molar-refractivity contribution in [3.05, 3.63) is 29.8 Å². The van der Waals surface area contributed by atoms with Gasteiger partial charge in [0.05, 0.1) is 13.2 Å². The zero-order chi connectivity index (χ0) is 14.7. The van der Waals surface area contributed by atoms with Crippen molar-refractivity contribution < 1.29 is 9.47 Å². The molecule has 3 rings (SSSR count). The summed E-state index contributed by atoms with van der Waals surface area (Å²) in [5.74, 6) is 1.00. The lowest BCUT2D eigenvalue weighted by atomic mass is 9.98. The van der Waals surface area contributed by atoms with Crippen molar-refractivity contribution in [3.8, 4) is 5.75 Å². The standard InChI is InChI=1S/C17H26N2O2/c1-18-9-10-19(14-7-11-21-12-8-14)13-16(18)15-5-3-4-6-17(15)20-2/h3-6,14,16H,7-13H2,1-2H3/t16-/m0/s1. The second-order valence-electron chi connectivity index (χ2n) is 6.08. The summed E-state index contributed by atoms with van der Waals surface area (Å²) in [4.78, 5) is 5.10. The Bertz CT molecular complexity index is 460. The van der Waals surface area contributed by atoms with Crippen LogP contribution in [0.25, 0.3) is 0 Å². The lowest BCUT2D eigenvalue weighted by Crippen LogP contribution is -2.51. The third-order valence-corrected chi connectivity index (χ3v) is 4.88. The Kier molecular flexibility index (Phi) is 4.78. The Morgan fingerprint density at radius 1 is 1.14 bits per heavy atom. The Balaban J connectivity index is 1.76. The number of ether oxygens (including phenoxy) is 2. The van der Waals surface area contributed by atoms with Crippen LogP contribution in [-0.2, 0) is 4.74 Å². The lowest BCUT2D eigenvalue weighted by molar-refractivity contribution is 0.000648. The molecule has 2 heterocycles. The predicted molar refractivity (Wildman–Crippen MR) is 83.8 cm³/mol. The molecular formula is C17H26N2O2. The molecule has 2 saturated heterocycles. The van der Waals surface area contributed by atoms with Gasteiger partial charge in [-0.1, -0.05) is 18.2 Å². The van der Waals surface area contributed by atoms with Gasteiger partial charge < -0.3 is 9.47 Å². The normalized spacial score (nSPS) is 25.9. The van der Waals surface area contributed by atoms with Crippen LogP contribution in [0.15, 0.2) is 24.3 Å². The fourth-order valence-electron chi connectivity index (χ4n) is 3.55. The number of rotatable bonds is 3. The summed E-state index contributed by atoms with van der Waals surface area (Å²) in [6, 6.07) is 9.52. The summed E-state index contributed by atoms with van der Waals surface area (Å²) in [7, 11) is 3.98. The molecule has 1 aromatic carbocycles. The van der Waals surface area contributed by atoms with Crippen molar-refractivity contribution in [2.24, 2.45) is 0 Å². The topological polar surface area (TPSA) is 24.9 Å². The predicted octanol–water partition coefficient (Wildman–Crippen LogP) is 2.16. The highest BCUT2D eigenvalue weighted by atomic mass is 16.5. The molecule has 1 atom stereocenters. The summed E-state index contributed by atoms with van der Waals surface area (Å²) in [5, 5.41) is 0. The van der Waals surface area contributed by atoms with Crippen LogP contribution < -0.4 is 4.74 Å². The summed E-state index contributed by atoms with van der Waals surface area (Å²) in [5.41, 5.74) is 1.30. The minimum Gasteiger partial charge on any atom is -0.496 e. The number of likely N-dealkylation sites (N-methyl/N-ethyl adjacent to an activating group) is 1. The number of piperazine rings is 1. The summed E-state index contributed by atoms with van der Waals surface area (Å²) < 4.78 is 11.1. The second-order valence-corrected chi connectivity index (χ2v) is 6.08. The molecule has 0 aromatic heterocycles. The van der Waals surface area contributed by atoms with E-state index in [1.807, 2.05) is 6.07 Å². The third kappa shape index (κ3) is 3.23. The minimum absolute atomic E-state index is 0.415. The van der Waals surface area contributed by atoms with E-state index in [1.54, 1.807) is 7.11 Å². The molecule has 2 aliphatic rings. The van der Waals surface area contributed by atoms with Crippen molar-refractivity contribution in [2.75, 3.05) is 47.0 Å². The first-order chi connectivity index (χ1) is 10.3. The van der Waals surface area contributed by atoms with Crippen LogP contribution in [0, 0.1) is 0 Å². The van der Waals surface area contributed by atoms with Crippen LogP contribution in [0.2, 0.25) is 0 Å². The highest BCUT2D eigenvalue weighted by Gasteiger charge is 2.31. The van der Waals surface area contributed by atoms with Crippen LogP contribution in [0.4, 0.5) is 0 Å². The van der Waals surface area contributed by atoms with Crippen molar-refractivity contribution in [1.82, 2.24) is 9.80 Å². The maximum absolute atomic E-state index is 5.56. The SMILES string of the molecule is COc1ccccc1[C@@H]1CN(C2CCOCC2)CCN1C. The fourth-order valence-corrected chi connectivity index (χ4v) is 3.55. The molecule has 0 saturated carbocycles. The number of para-hydroxylation sites is 1. The van der Waals surface area contributed by atoms with E-state index in [0.717, 1.165) is 38.6 Å². The van der Waals surface area contributed by atoms with Gasteiger partial charge in [0.15, 0.2) is 0 Å². The molecule has 116 valence electrons. The van der Waals surface area contributed by atoms with Crippen LogP contribution >= 0.6 is 0 Å². The third-order valence-electron chi connectivity index (χ3n) is 4.88. The van der Waals surface area contributed by atoms with Crippen LogP contribution in [0.1, 0.15) is 24.4 Å².